The highest BCUT2D eigenvalue weighted by Gasteiger charge is 2.12. The molecule has 0 aliphatic carbocycles. The van der Waals surface area contributed by atoms with Crippen LogP contribution in [0.4, 0.5) is 0 Å². The van der Waals surface area contributed by atoms with Crippen LogP contribution in [0.3, 0.4) is 0 Å². The molecule has 5 nitrogen and oxygen atoms in total. The third-order valence-corrected chi connectivity index (χ3v) is 3.83. The van der Waals surface area contributed by atoms with Gasteiger partial charge in [-0.15, -0.1) is 0 Å². The van der Waals surface area contributed by atoms with Crippen molar-refractivity contribution < 1.29 is 0 Å². The first kappa shape index (κ1) is 15.9. The van der Waals surface area contributed by atoms with E-state index in [0.717, 1.165) is 24.4 Å². The zero-order valence-corrected chi connectivity index (χ0v) is 13.8. The van der Waals surface area contributed by atoms with Crippen molar-refractivity contribution in [2.75, 3.05) is 27.2 Å². The van der Waals surface area contributed by atoms with E-state index < -0.39 is 0 Å². The predicted molar refractivity (Wildman–Crippen MR) is 86.7 cm³/mol. The second-order valence-corrected chi connectivity index (χ2v) is 6.04. The molecule has 0 aromatic carbocycles. The second kappa shape index (κ2) is 7.00. The SMILES string of the molecule is Cc1cc2ncc(C(C)NCCCCN(C)C)c(C)n2n1. The highest BCUT2D eigenvalue weighted by Crippen LogP contribution is 2.17. The Kier molecular flexibility index (Phi) is 5.31. The molecule has 0 spiro atoms. The number of aryl methyl sites for hydroxylation is 2. The van der Waals surface area contributed by atoms with Gasteiger partial charge in [0.25, 0.3) is 0 Å². The maximum Gasteiger partial charge on any atom is 0.155 e. The van der Waals surface area contributed by atoms with Gasteiger partial charge in [-0.05, 0) is 60.8 Å². The van der Waals surface area contributed by atoms with Crippen LogP contribution in [0.5, 0.6) is 0 Å². The Hall–Kier alpha value is -1.46. The van der Waals surface area contributed by atoms with Gasteiger partial charge in [-0.1, -0.05) is 0 Å². The number of aromatic nitrogens is 3. The molecule has 0 saturated carbocycles. The van der Waals surface area contributed by atoms with Crippen molar-refractivity contribution >= 4 is 5.65 Å². The maximum absolute atomic E-state index is 4.51. The lowest BCUT2D eigenvalue weighted by Gasteiger charge is -2.17. The Morgan fingerprint density at radius 1 is 1.29 bits per heavy atom. The number of fused-ring (bicyclic) bond motifs is 1. The van der Waals surface area contributed by atoms with E-state index in [0.29, 0.717) is 6.04 Å². The van der Waals surface area contributed by atoms with Crippen LogP contribution in [0, 0.1) is 13.8 Å². The summed E-state index contributed by atoms with van der Waals surface area (Å²) in [5.41, 5.74) is 4.32. The van der Waals surface area contributed by atoms with E-state index in [9.17, 15) is 0 Å². The van der Waals surface area contributed by atoms with Crippen molar-refractivity contribution in [1.29, 1.82) is 0 Å². The number of hydrogen-bond donors (Lipinski definition) is 1. The minimum atomic E-state index is 0.297. The molecule has 0 aliphatic heterocycles. The largest absolute Gasteiger partial charge is 0.310 e. The van der Waals surface area contributed by atoms with E-state index in [1.165, 1.54) is 24.1 Å². The van der Waals surface area contributed by atoms with Crippen LogP contribution in [0.1, 0.15) is 42.8 Å². The molecular weight excluding hydrogens is 262 g/mol. The van der Waals surface area contributed by atoms with E-state index in [1.54, 1.807) is 0 Å². The molecule has 5 heteroatoms. The minimum Gasteiger partial charge on any atom is -0.310 e. The van der Waals surface area contributed by atoms with Gasteiger partial charge in [-0.25, -0.2) is 9.50 Å². The van der Waals surface area contributed by atoms with E-state index >= 15 is 0 Å². The first-order valence-corrected chi connectivity index (χ1v) is 7.69. The lowest BCUT2D eigenvalue weighted by molar-refractivity contribution is 0.389. The van der Waals surface area contributed by atoms with Crippen LogP contribution in [-0.2, 0) is 0 Å². The average Bonchev–Trinajstić information content (AvgIpc) is 2.79. The molecule has 0 radical (unpaired) electrons. The summed E-state index contributed by atoms with van der Waals surface area (Å²) in [5.74, 6) is 0. The van der Waals surface area contributed by atoms with Crippen molar-refractivity contribution in [2.45, 2.75) is 39.7 Å². The summed E-state index contributed by atoms with van der Waals surface area (Å²) in [6.07, 6.45) is 4.39. The van der Waals surface area contributed by atoms with Crippen LogP contribution in [0.2, 0.25) is 0 Å². The Balaban J connectivity index is 1.96. The summed E-state index contributed by atoms with van der Waals surface area (Å²) in [7, 11) is 4.23. The van der Waals surface area contributed by atoms with Gasteiger partial charge in [0.05, 0.1) is 5.69 Å². The van der Waals surface area contributed by atoms with E-state index in [1.807, 2.05) is 23.7 Å². The highest BCUT2D eigenvalue weighted by molar-refractivity contribution is 5.42. The van der Waals surface area contributed by atoms with E-state index in [2.05, 4.69) is 48.2 Å². The molecule has 2 aromatic heterocycles. The van der Waals surface area contributed by atoms with Gasteiger partial charge >= 0.3 is 0 Å². The molecule has 2 aromatic rings. The van der Waals surface area contributed by atoms with Crippen molar-refractivity contribution in [3.63, 3.8) is 0 Å². The topological polar surface area (TPSA) is 45.5 Å². The monoisotopic (exact) mass is 289 g/mol. The fraction of sp³-hybridized carbons (Fsp3) is 0.625. The summed E-state index contributed by atoms with van der Waals surface area (Å²) in [6.45, 7) is 8.48. The Morgan fingerprint density at radius 3 is 2.76 bits per heavy atom. The van der Waals surface area contributed by atoms with Crippen molar-refractivity contribution in [1.82, 2.24) is 24.8 Å². The predicted octanol–water partition coefficient (Wildman–Crippen LogP) is 2.34. The molecule has 0 aliphatic rings. The van der Waals surface area contributed by atoms with Crippen LogP contribution >= 0.6 is 0 Å². The Labute approximate surface area is 127 Å². The fourth-order valence-corrected chi connectivity index (χ4v) is 2.58. The standard InChI is InChI=1S/C16H27N5/c1-12-10-16-18-11-15(14(3)21(16)19-12)13(2)17-8-6-7-9-20(4)5/h10-11,13,17H,6-9H2,1-5H3. The molecule has 0 saturated heterocycles. The van der Waals surface area contributed by atoms with E-state index in [-0.39, 0.29) is 0 Å². The van der Waals surface area contributed by atoms with Gasteiger partial charge in [-0.2, -0.15) is 5.10 Å². The normalized spacial score (nSPS) is 13.2. The number of rotatable bonds is 7. The van der Waals surface area contributed by atoms with Gasteiger partial charge in [0.2, 0.25) is 0 Å². The first-order chi connectivity index (χ1) is 9.99. The van der Waals surface area contributed by atoms with Crippen LogP contribution in [0.25, 0.3) is 5.65 Å². The van der Waals surface area contributed by atoms with Gasteiger partial charge < -0.3 is 10.2 Å². The molecule has 0 amide bonds. The highest BCUT2D eigenvalue weighted by atomic mass is 15.3. The number of hydrogen-bond acceptors (Lipinski definition) is 4. The molecule has 1 N–H and O–H groups in total. The second-order valence-electron chi connectivity index (χ2n) is 6.04. The third kappa shape index (κ3) is 4.02. The number of nitrogens with zero attached hydrogens (tertiary/aromatic N) is 4. The summed E-state index contributed by atoms with van der Waals surface area (Å²) in [4.78, 5) is 6.73. The molecule has 2 heterocycles. The molecule has 116 valence electrons. The molecule has 0 bridgehead atoms. The molecule has 2 rings (SSSR count). The van der Waals surface area contributed by atoms with Crippen LogP contribution in [-0.4, -0.2) is 46.7 Å². The minimum absolute atomic E-state index is 0.297. The Morgan fingerprint density at radius 2 is 2.05 bits per heavy atom. The van der Waals surface area contributed by atoms with Crippen molar-refractivity contribution in [3.05, 3.63) is 29.2 Å². The molecule has 1 atom stereocenters. The maximum atomic E-state index is 4.51. The van der Waals surface area contributed by atoms with Crippen molar-refractivity contribution in [3.8, 4) is 0 Å². The summed E-state index contributed by atoms with van der Waals surface area (Å²) in [6, 6.07) is 2.31. The quantitative estimate of drug-likeness (QED) is 0.795. The fourth-order valence-electron chi connectivity index (χ4n) is 2.58. The molecular formula is C16H27N5. The van der Waals surface area contributed by atoms with Gasteiger partial charge in [0.1, 0.15) is 0 Å². The van der Waals surface area contributed by atoms with Crippen LogP contribution in [0.15, 0.2) is 12.3 Å². The Bertz CT molecular complexity index is 588. The van der Waals surface area contributed by atoms with Crippen molar-refractivity contribution in [2.24, 2.45) is 0 Å². The van der Waals surface area contributed by atoms with E-state index in [4.69, 9.17) is 0 Å². The summed E-state index contributed by atoms with van der Waals surface area (Å²) >= 11 is 0. The average molecular weight is 289 g/mol. The smallest absolute Gasteiger partial charge is 0.155 e. The number of nitrogens with one attached hydrogen (secondary N) is 1. The first-order valence-electron chi connectivity index (χ1n) is 7.69. The van der Waals surface area contributed by atoms with Gasteiger partial charge in [0.15, 0.2) is 5.65 Å². The summed E-state index contributed by atoms with van der Waals surface area (Å²) < 4.78 is 1.94. The molecule has 0 fully saturated rings. The molecule has 21 heavy (non-hydrogen) atoms. The molecule has 1 unspecified atom stereocenters. The zero-order chi connectivity index (χ0) is 15.4. The third-order valence-electron chi connectivity index (χ3n) is 3.83. The number of unbranched alkanes of at least 4 members (excludes halogenated alkanes) is 1. The lowest BCUT2D eigenvalue weighted by atomic mass is 10.1. The summed E-state index contributed by atoms with van der Waals surface area (Å²) in [5, 5.41) is 8.09. The zero-order valence-electron chi connectivity index (χ0n) is 13.8. The van der Waals surface area contributed by atoms with Crippen LogP contribution < -0.4 is 5.32 Å². The van der Waals surface area contributed by atoms with Gasteiger partial charge in [-0.3, -0.25) is 0 Å². The van der Waals surface area contributed by atoms with Gasteiger partial charge in [0, 0.05) is 29.6 Å². The lowest BCUT2D eigenvalue weighted by Crippen LogP contribution is -2.23.